The minimum Gasteiger partial charge on any atom is -0.480 e. The number of amides is 2. The number of aryl methyl sites for hydroxylation is 1. The number of rotatable bonds is 5. The van der Waals surface area contributed by atoms with E-state index < -0.39 is 18.0 Å². The molecule has 2 unspecified atom stereocenters. The molecule has 0 bridgehead atoms. The summed E-state index contributed by atoms with van der Waals surface area (Å²) in [6, 6.07) is 2.03. The molecule has 0 aliphatic heterocycles. The largest absolute Gasteiger partial charge is 0.480 e. The Balaban J connectivity index is 2.66. The van der Waals surface area contributed by atoms with Crippen molar-refractivity contribution in [3.8, 4) is 0 Å². The number of carbonyl (C=O) groups excluding carboxylic acids is 1. The minimum atomic E-state index is -1.01. The maximum atomic E-state index is 11.9. The number of carbonyl (C=O) groups is 2. The summed E-state index contributed by atoms with van der Waals surface area (Å²) in [5.74, 6) is 0.394. The van der Waals surface area contributed by atoms with Crippen LogP contribution in [-0.2, 0) is 4.79 Å². The first-order chi connectivity index (χ1) is 8.86. The van der Waals surface area contributed by atoms with Gasteiger partial charge in [-0.2, -0.15) is 0 Å². The number of nitrogens with zero attached hydrogens (tertiary/aromatic N) is 1. The van der Waals surface area contributed by atoms with E-state index in [0.29, 0.717) is 12.2 Å². The average molecular weight is 268 g/mol. The van der Waals surface area contributed by atoms with E-state index in [1.54, 1.807) is 19.9 Å². The number of urea groups is 1. The third kappa shape index (κ3) is 3.74. The van der Waals surface area contributed by atoms with Gasteiger partial charge in [0.2, 0.25) is 0 Å². The maximum Gasteiger partial charge on any atom is 0.326 e. The van der Waals surface area contributed by atoms with Crippen molar-refractivity contribution in [1.29, 1.82) is 0 Å². The summed E-state index contributed by atoms with van der Waals surface area (Å²) in [4.78, 5) is 24.1. The smallest absolute Gasteiger partial charge is 0.326 e. The Hall–Kier alpha value is -1.98. The second-order valence-electron chi connectivity index (χ2n) is 4.49. The highest BCUT2D eigenvalue weighted by atomic mass is 16.4. The lowest BCUT2D eigenvalue weighted by atomic mass is 10.2. The van der Waals surface area contributed by atoms with Crippen molar-refractivity contribution >= 4 is 12.0 Å². The summed E-state index contributed by atoms with van der Waals surface area (Å²) in [5, 5.41) is 11.7. The van der Waals surface area contributed by atoms with E-state index in [9.17, 15) is 9.59 Å². The fourth-order valence-electron chi connectivity index (χ4n) is 1.80. The summed E-state index contributed by atoms with van der Waals surface area (Å²) in [5.41, 5.74) is 0. The van der Waals surface area contributed by atoms with Gasteiger partial charge < -0.3 is 19.7 Å². The first-order valence-corrected chi connectivity index (χ1v) is 6.19. The minimum absolute atomic E-state index is 0.310. The third-order valence-electron chi connectivity index (χ3n) is 2.99. The number of aliphatic carboxylic acids is 1. The highest BCUT2D eigenvalue weighted by Gasteiger charge is 2.26. The molecule has 0 aromatic carbocycles. The second kappa shape index (κ2) is 6.26. The quantitative estimate of drug-likeness (QED) is 0.857. The molecule has 0 fully saturated rings. The fourth-order valence-corrected chi connectivity index (χ4v) is 1.80. The van der Waals surface area contributed by atoms with Crippen LogP contribution in [0.5, 0.6) is 0 Å². The van der Waals surface area contributed by atoms with Crippen molar-refractivity contribution in [3.05, 3.63) is 23.7 Å². The van der Waals surface area contributed by atoms with E-state index in [2.05, 4.69) is 5.32 Å². The molecule has 6 nitrogen and oxygen atoms in total. The molecule has 2 amide bonds. The van der Waals surface area contributed by atoms with E-state index >= 15 is 0 Å². The van der Waals surface area contributed by atoms with Crippen molar-refractivity contribution in [2.45, 2.75) is 39.3 Å². The fraction of sp³-hybridized carbons (Fsp3) is 0.538. The van der Waals surface area contributed by atoms with E-state index in [1.165, 1.54) is 11.9 Å². The Morgan fingerprint density at radius 2 is 2.11 bits per heavy atom. The predicted molar refractivity (Wildman–Crippen MR) is 69.9 cm³/mol. The molecule has 0 saturated carbocycles. The molecule has 1 aromatic heterocycles. The van der Waals surface area contributed by atoms with Gasteiger partial charge in [-0.05, 0) is 32.4 Å². The zero-order valence-electron chi connectivity index (χ0n) is 11.6. The van der Waals surface area contributed by atoms with Crippen LogP contribution >= 0.6 is 0 Å². The van der Waals surface area contributed by atoms with Crippen LogP contribution in [0.15, 0.2) is 16.5 Å². The molecular weight excluding hydrogens is 248 g/mol. The molecule has 1 heterocycles. The number of likely N-dealkylation sites (N-methyl/N-ethyl adjacent to an activating group) is 1. The van der Waals surface area contributed by atoms with Crippen LogP contribution in [0.4, 0.5) is 4.79 Å². The molecular formula is C13H20N2O4. The second-order valence-corrected chi connectivity index (χ2v) is 4.49. The van der Waals surface area contributed by atoms with Crippen LogP contribution in [0.1, 0.15) is 37.8 Å². The lowest BCUT2D eigenvalue weighted by Gasteiger charge is -2.25. The Labute approximate surface area is 112 Å². The van der Waals surface area contributed by atoms with Gasteiger partial charge in [0.15, 0.2) is 0 Å². The molecule has 0 aliphatic carbocycles. The highest BCUT2D eigenvalue weighted by Crippen LogP contribution is 2.16. The van der Waals surface area contributed by atoms with Gasteiger partial charge in [-0.25, -0.2) is 9.59 Å². The molecule has 19 heavy (non-hydrogen) atoms. The summed E-state index contributed by atoms with van der Waals surface area (Å²) in [6.07, 6.45) is 0.355. The highest BCUT2D eigenvalue weighted by molar-refractivity contribution is 5.82. The SMILES string of the molecule is CCC(C(=O)O)N(C)C(=O)NC(C)c1ccc(C)o1. The van der Waals surface area contributed by atoms with Crippen molar-refractivity contribution in [2.24, 2.45) is 0 Å². The van der Waals surface area contributed by atoms with Crippen LogP contribution in [0.3, 0.4) is 0 Å². The summed E-state index contributed by atoms with van der Waals surface area (Å²) in [7, 11) is 1.47. The zero-order chi connectivity index (χ0) is 14.6. The van der Waals surface area contributed by atoms with Gasteiger partial charge in [-0.15, -0.1) is 0 Å². The molecule has 1 rings (SSSR count). The van der Waals surface area contributed by atoms with Gasteiger partial charge >= 0.3 is 12.0 Å². The Kier molecular flexibility index (Phi) is 4.97. The van der Waals surface area contributed by atoms with Crippen LogP contribution in [-0.4, -0.2) is 35.1 Å². The molecule has 0 saturated heterocycles. The zero-order valence-corrected chi connectivity index (χ0v) is 11.6. The van der Waals surface area contributed by atoms with Gasteiger partial charge in [0.05, 0.1) is 6.04 Å². The van der Waals surface area contributed by atoms with Crippen LogP contribution in [0.25, 0.3) is 0 Å². The number of hydrogen-bond donors (Lipinski definition) is 2. The van der Waals surface area contributed by atoms with Crippen LogP contribution < -0.4 is 5.32 Å². The molecule has 106 valence electrons. The summed E-state index contributed by atoms with van der Waals surface area (Å²) in [6.45, 7) is 5.33. The Morgan fingerprint density at radius 1 is 1.47 bits per heavy atom. The van der Waals surface area contributed by atoms with Gasteiger partial charge in [-0.3, -0.25) is 0 Å². The number of carboxylic acid groups (broad SMARTS) is 1. The van der Waals surface area contributed by atoms with Crippen LogP contribution in [0.2, 0.25) is 0 Å². The molecule has 2 N–H and O–H groups in total. The number of furan rings is 1. The third-order valence-corrected chi connectivity index (χ3v) is 2.99. The van der Waals surface area contributed by atoms with Crippen molar-refractivity contribution in [2.75, 3.05) is 7.05 Å². The van der Waals surface area contributed by atoms with Gasteiger partial charge in [0.25, 0.3) is 0 Å². The maximum absolute atomic E-state index is 11.9. The topological polar surface area (TPSA) is 82.8 Å². The molecule has 6 heteroatoms. The normalized spacial score (nSPS) is 13.7. The number of nitrogens with one attached hydrogen (secondary N) is 1. The number of hydrogen-bond acceptors (Lipinski definition) is 3. The van der Waals surface area contributed by atoms with E-state index in [-0.39, 0.29) is 6.04 Å². The monoisotopic (exact) mass is 268 g/mol. The lowest BCUT2D eigenvalue weighted by molar-refractivity contribution is -0.141. The van der Waals surface area contributed by atoms with E-state index in [4.69, 9.17) is 9.52 Å². The van der Waals surface area contributed by atoms with Gasteiger partial charge in [0, 0.05) is 7.05 Å². The van der Waals surface area contributed by atoms with Crippen molar-refractivity contribution in [3.63, 3.8) is 0 Å². The predicted octanol–water partition coefficient (Wildman–Crippen LogP) is 2.15. The lowest BCUT2D eigenvalue weighted by Crippen LogP contribution is -2.47. The summed E-state index contributed by atoms with van der Waals surface area (Å²) >= 11 is 0. The summed E-state index contributed by atoms with van der Waals surface area (Å²) < 4.78 is 5.41. The van der Waals surface area contributed by atoms with Crippen LogP contribution in [0, 0.1) is 6.92 Å². The van der Waals surface area contributed by atoms with Crippen molar-refractivity contribution < 1.29 is 19.1 Å². The molecule has 1 aromatic rings. The van der Waals surface area contributed by atoms with Crippen molar-refractivity contribution in [1.82, 2.24) is 10.2 Å². The molecule has 2 atom stereocenters. The molecule has 0 spiro atoms. The first-order valence-electron chi connectivity index (χ1n) is 6.19. The molecule has 0 aliphatic rings. The standard InChI is InChI=1S/C13H20N2O4/c1-5-10(12(16)17)15(4)13(18)14-9(3)11-7-6-8(2)19-11/h6-7,9-10H,5H2,1-4H3,(H,14,18)(H,16,17). The van der Waals surface area contributed by atoms with Gasteiger partial charge in [-0.1, -0.05) is 6.92 Å². The Bertz CT molecular complexity index is 455. The number of carboxylic acids is 1. The first kappa shape index (κ1) is 15.1. The average Bonchev–Trinajstić information content (AvgIpc) is 2.76. The van der Waals surface area contributed by atoms with E-state index in [0.717, 1.165) is 5.76 Å². The Morgan fingerprint density at radius 3 is 2.53 bits per heavy atom. The van der Waals surface area contributed by atoms with Gasteiger partial charge in [0.1, 0.15) is 17.6 Å². The van der Waals surface area contributed by atoms with E-state index in [1.807, 2.05) is 13.0 Å². The molecule has 0 radical (unpaired) electrons.